The Morgan fingerprint density at radius 2 is 2.22 bits per heavy atom. The highest BCUT2D eigenvalue weighted by Crippen LogP contribution is 2.22. The maximum atomic E-state index is 12.2. The molecule has 1 atom stereocenters. The SMILES string of the molecule is CC(CN1CCc2ccc(N)cc2C1=O)C(N)=O. The molecule has 2 rings (SSSR count). The second-order valence-corrected chi connectivity index (χ2v) is 4.72. The Balaban J connectivity index is 2.20. The summed E-state index contributed by atoms with van der Waals surface area (Å²) in [7, 11) is 0. The molecule has 4 N–H and O–H groups in total. The van der Waals surface area contributed by atoms with Crippen LogP contribution in [0.3, 0.4) is 0 Å². The molecule has 1 aliphatic rings. The van der Waals surface area contributed by atoms with E-state index in [4.69, 9.17) is 11.5 Å². The summed E-state index contributed by atoms with van der Waals surface area (Å²) in [6, 6.07) is 5.38. The Morgan fingerprint density at radius 1 is 1.50 bits per heavy atom. The van der Waals surface area contributed by atoms with Gasteiger partial charge in [-0.1, -0.05) is 13.0 Å². The number of anilines is 1. The highest BCUT2D eigenvalue weighted by molar-refractivity contribution is 5.97. The van der Waals surface area contributed by atoms with Crippen LogP contribution in [0.25, 0.3) is 0 Å². The Bertz CT molecular complexity index is 499. The van der Waals surface area contributed by atoms with Crippen molar-refractivity contribution in [3.05, 3.63) is 29.3 Å². The van der Waals surface area contributed by atoms with Crippen LogP contribution in [0.15, 0.2) is 18.2 Å². The third-order valence-electron chi connectivity index (χ3n) is 3.28. The molecule has 5 nitrogen and oxygen atoms in total. The van der Waals surface area contributed by atoms with Crippen LogP contribution in [0.5, 0.6) is 0 Å². The Morgan fingerprint density at radius 3 is 2.89 bits per heavy atom. The van der Waals surface area contributed by atoms with Crippen LogP contribution in [0, 0.1) is 5.92 Å². The number of nitrogen functional groups attached to an aromatic ring is 1. The quantitative estimate of drug-likeness (QED) is 0.757. The fourth-order valence-corrected chi connectivity index (χ4v) is 2.13. The van der Waals surface area contributed by atoms with Crippen molar-refractivity contribution in [1.82, 2.24) is 4.90 Å². The molecule has 0 spiro atoms. The van der Waals surface area contributed by atoms with Gasteiger partial charge in [0, 0.05) is 24.3 Å². The van der Waals surface area contributed by atoms with Crippen LogP contribution in [0.4, 0.5) is 5.69 Å². The highest BCUT2D eigenvalue weighted by atomic mass is 16.2. The fraction of sp³-hybridized carbons (Fsp3) is 0.385. The van der Waals surface area contributed by atoms with Gasteiger partial charge in [0.1, 0.15) is 0 Å². The van der Waals surface area contributed by atoms with Gasteiger partial charge in [0.2, 0.25) is 5.91 Å². The number of fused-ring (bicyclic) bond motifs is 1. The number of rotatable bonds is 3. The van der Waals surface area contributed by atoms with Crippen molar-refractivity contribution in [1.29, 1.82) is 0 Å². The van der Waals surface area contributed by atoms with E-state index in [0.717, 1.165) is 12.0 Å². The largest absolute Gasteiger partial charge is 0.399 e. The number of amides is 2. The molecular weight excluding hydrogens is 230 g/mol. The van der Waals surface area contributed by atoms with Gasteiger partial charge in [-0.05, 0) is 24.1 Å². The zero-order valence-electron chi connectivity index (χ0n) is 10.3. The number of nitrogens with two attached hydrogens (primary N) is 2. The third kappa shape index (κ3) is 2.30. The number of carbonyl (C=O) groups is 2. The molecule has 1 unspecified atom stereocenters. The Hall–Kier alpha value is -2.04. The molecule has 1 aliphatic heterocycles. The minimum absolute atomic E-state index is 0.0725. The molecule has 0 bridgehead atoms. The Labute approximate surface area is 106 Å². The lowest BCUT2D eigenvalue weighted by molar-refractivity contribution is -0.121. The summed E-state index contributed by atoms with van der Waals surface area (Å²) < 4.78 is 0. The van der Waals surface area contributed by atoms with Gasteiger partial charge in [-0.25, -0.2) is 0 Å². The molecule has 1 aromatic carbocycles. The van der Waals surface area contributed by atoms with Crippen LogP contribution in [0.1, 0.15) is 22.8 Å². The first-order valence-corrected chi connectivity index (χ1v) is 5.96. The molecule has 0 aliphatic carbocycles. The zero-order valence-corrected chi connectivity index (χ0v) is 10.3. The van der Waals surface area contributed by atoms with Gasteiger partial charge >= 0.3 is 0 Å². The van der Waals surface area contributed by atoms with E-state index in [0.29, 0.717) is 24.3 Å². The third-order valence-corrected chi connectivity index (χ3v) is 3.28. The predicted octanol–water partition coefficient (Wildman–Crippen LogP) is 0.389. The molecule has 0 saturated heterocycles. The van der Waals surface area contributed by atoms with Gasteiger partial charge in [0.25, 0.3) is 5.91 Å². The summed E-state index contributed by atoms with van der Waals surface area (Å²) >= 11 is 0. The van der Waals surface area contributed by atoms with Crippen LogP contribution in [-0.4, -0.2) is 29.8 Å². The van der Waals surface area contributed by atoms with Crippen molar-refractivity contribution in [3.63, 3.8) is 0 Å². The molecule has 1 aromatic rings. The smallest absolute Gasteiger partial charge is 0.254 e. The first kappa shape index (κ1) is 12.4. The first-order valence-electron chi connectivity index (χ1n) is 5.96. The molecular formula is C13H17N3O2. The van der Waals surface area contributed by atoms with Crippen LogP contribution in [-0.2, 0) is 11.2 Å². The minimum atomic E-state index is -0.388. The normalized spacial score (nSPS) is 16.3. The summed E-state index contributed by atoms with van der Waals surface area (Å²) in [5, 5.41) is 0. The van der Waals surface area contributed by atoms with E-state index in [1.165, 1.54) is 0 Å². The molecule has 0 fully saturated rings. The van der Waals surface area contributed by atoms with E-state index in [1.807, 2.05) is 6.07 Å². The lowest BCUT2D eigenvalue weighted by atomic mass is 9.97. The summed E-state index contributed by atoms with van der Waals surface area (Å²) in [4.78, 5) is 25.0. The van der Waals surface area contributed by atoms with Gasteiger partial charge in [0.15, 0.2) is 0 Å². The molecule has 0 aromatic heterocycles. The number of primary amides is 1. The average molecular weight is 247 g/mol. The number of carbonyl (C=O) groups excluding carboxylic acids is 2. The fourth-order valence-electron chi connectivity index (χ4n) is 2.13. The second-order valence-electron chi connectivity index (χ2n) is 4.72. The molecule has 1 heterocycles. The van der Waals surface area contributed by atoms with E-state index in [-0.39, 0.29) is 17.7 Å². The topological polar surface area (TPSA) is 89.4 Å². The van der Waals surface area contributed by atoms with Gasteiger partial charge < -0.3 is 16.4 Å². The maximum Gasteiger partial charge on any atom is 0.254 e. The van der Waals surface area contributed by atoms with Crippen LogP contribution < -0.4 is 11.5 Å². The monoisotopic (exact) mass is 247 g/mol. The molecule has 5 heteroatoms. The molecule has 96 valence electrons. The zero-order chi connectivity index (χ0) is 13.3. The van der Waals surface area contributed by atoms with Crippen LogP contribution in [0.2, 0.25) is 0 Å². The molecule has 18 heavy (non-hydrogen) atoms. The first-order chi connectivity index (χ1) is 8.49. The Kier molecular flexibility index (Phi) is 3.23. The molecule has 2 amide bonds. The number of nitrogens with zero attached hydrogens (tertiary/aromatic N) is 1. The van der Waals surface area contributed by atoms with Gasteiger partial charge in [-0.2, -0.15) is 0 Å². The molecule has 0 radical (unpaired) electrons. The van der Waals surface area contributed by atoms with E-state index in [2.05, 4.69) is 0 Å². The van der Waals surface area contributed by atoms with Crippen LogP contribution >= 0.6 is 0 Å². The number of benzene rings is 1. The van der Waals surface area contributed by atoms with E-state index in [9.17, 15) is 9.59 Å². The summed E-state index contributed by atoms with van der Waals surface area (Å²) in [6.45, 7) is 2.71. The maximum absolute atomic E-state index is 12.2. The van der Waals surface area contributed by atoms with Crippen molar-refractivity contribution < 1.29 is 9.59 Å². The summed E-state index contributed by atoms with van der Waals surface area (Å²) in [5.74, 6) is -0.797. The minimum Gasteiger partial charge on any atom is -0.399 e. The van der Waals surface area contributed by atoms with E-state index < -0.39 is 0 Å². The standard InChI is InChI=1S/C13H17N3O2/c1-8(12(15)17)7-16-5-4-9-2-3-10(14)6-11(9)13(16)18/h2-3,6,8H,4-5,7,14H2,1H3,(H2,15,17). The summed E-state index contributed by atoms with van der Waals surface area (Å²) in [6.07, 6.45) is 0.785. The highest BCUT2D eigenvalue weighted by Gasteiger charge is 2.26. The van der Waals surface area contributed by atoms with Crippen molar-refractivity contribution in [2.45, 2.75) is 13.3 Å². The number of hydrogen-bond donors (Lipinski definition) is 2. The average Bonchev–Trinajstić information content (AvgIpc) is 2.33. The van der Waals surface area contributed by atoms with E-state index >= 15 is 0 Å². The predicted molar refractivity (Wildman–Crippen MR) is 68.8 cm³/mol. The molecule has 0 saturated carbocycles. The van der Waals surface area contributed by atoms with Crippen molar-refractivity contribution >= 4 is 17.5 Å². The van der Waals surface area contributed by atoms with Crippen molar-refractivity contribution in [2.24, 2.45) is 11.7 Å². The van der Waals surface area contributed by atoms with Crippen molar-refractivity contribution in [3.8, 4) is 0 Å². The van der Waals surface area contributed by atoms with Gasteiger partial charge in [-0.3, -0.25) is 9.59 Å². The van der Waals surface area contributed by atoms with Gasteiger partial charge in [-0.15, -0.1) is 0 Å². The van der Waals surface area contributed by atoms with Gasteiger partial charge in [0.05, 0.1) is 5.92 Å². The lowest BCUT2D eigenvalue weighted by Gasteiger charge is -2.30. The lowest BCUT2D eigenvalue weighted by Crippen LogP contribution is -2.42. The second kappa shape index (κ2) is 4.68. The number of hydrogen-bond acceptors (Lipinski definition) is 3. The van der Waals surface area contributed by atoms with E-state index in [1.54, 1.807) is 24.0 Å². The van der Waals surface area contributed by atoms with Crippen molar-refractivity contribution in [2.75, 3.05) is 18.8 Å². The summed E-state index contributed by atoms with van der Waals surface area (Å²) in [5.41, 5.74) is 13.1.